The molecule has 1 aliphatic rings. The summed E-state index contributed by atoms with van der Waals surface area (Å²) >= 11 is 0. The maximum atomic E-state index is 10.9. The van der Waals surface area contributed by atoms with E-state index in [4.69, 9.17) is 14.2 Å². The van der Waals surface area contributed by atoms with Crippen LogP contribution in [0.5, 0.6) is 23.0 Å². The van der Waals surface area contributed by atoms with Gasteiger partial charge in [0.15, 0.2) is 11.5 Å². The third-order valence-electron chi connectivity index (χ3n) is 6.14. The molecule has 3 aromatic rings. The van der Waals surface area contributed by atoms with Gasteiger partial charge in [-0.05, 0) is 54.4 Å². The molecule has 0 saturated carbocycles. The minimum absolute atomic E-state index is 0.309. The van der Waals surface area contributed by atoms with Gasteiger partial charge in [-0.15, -0.1) is 0 Å². The van der Waals surface area contributed by atoms with Gasteiger partial charge in [-0.2, -0.15) is 0 Å². The number of hydrogen-bond donors (Lipinski definition) is 1. The van der Waals surface area contributed by atoms with Crippen LogP contribution in [0.15, 0.2) is 54.6 Å². The van der Waals surface area contributed by atoms with E-state index >= 15 is 0 Å². The summed E-state index contributed by atoms with van der Waals surface area (Å²) in [6.45, 7) is 6.86. The molecule has 1 N–H and O–H groups in total. The van der Waals surface area contributed by atoms with Gasteiger partial charge in [0, 0.05) is 29.8 Å². The smallest absolute Gasteiger partial charge is 0.161 e. The van der Waals surface area contributed by atoms with E-state index in [1.807, 2.05) is 37.3 Å². The average Bonchev–Trinajstić information content (AvgIpc) is 2.86. The Kier molecular flexibility index (Phi) is 6.90. The molecule has 0 aromatic heterocycles. The highest BCUT2D eigenvalue weighted by Gasteiger charge is 2.21. The molecule has 33 heavy (non-hydrogen) atoms. The Balaban J connectivity index is 1.65. The highest BCUT2D eigenvalue weighted by Crippen LogP contribution is 2.41. The number of rotatable bonds is 8. The molecule has 172 valence electrons. The average molecular weight is 446 g/mol. The van der Waals surface area contributed by atoms with Crippen molar-refractivity contribution < 1.29 is 19.3 Å². The molecule has 0 atom stereocenters. The Bertz CT molecular complexity index is 1150. The third kappa shape index (κ3) is 4.83. The maximum Gasteiger partial charge on any atom is 0.161 e. The number of phenolic OH excluding ortho intramolecular Hbond substituents is 1. The molecule has 0 amide bonds. The molecular weight excluding hydrogens is 414 g/mol. The first-order valence-electron chi connectivity index (χ1n) is 11.2. The van der Waals surface area contributed by atoms with Gasteiger partial charge in [-0.25, -0.2) is 0 Å². The van der Waals surface area contributed by atoms with Crippen LogP contribution in [0.1, 0.15) is 34.7 Å². The van der Waals surface area contributed by atoms with Crippen molar-refractivity contribution in [3.8, 4) is 23.0 Å². The predicted octanol–water partition coefficient (Wildman–Crippen LogP) is 5.67. The molecule has 1 aliphatic heterocycles. The van der Waals surface area contributed by atoms with E-state index in [1.54, 1.807) is 14.2 Å². The summed E-state index contributed by atoms with van der Waals surface area (Å²) in [7, 11) is 3.26. The van der Waals surface area contributed by atoms with Crippen LogP contribution in [-0.4, -0.2) is 37.4 Å². The van der Waals surface area contributed by atoms with E-state index in [0.717, 1.165) is 46.7 Å². The van der Waals surface area contributed by atoms with Crippen molar-refractivity contribution >= 4 is 11.6 Å². The van der Waals surface area contributed by atoms with Gasteiger partial charge in [0.1, 0.15) is 18.1 Å². The Morgan fingerprint density at radius 3 is 2.42 bits per heavy atom. The molecule has 0 aliphatic carbocycles. The SMILES string of the molecule is CCN(Cc1ccccc1)Cc1cc2c(c(C)c1O)OCC(c1ccc(OC)c(OC)c1)=C2. The molecule has 0 unspecified atom stereocenters. The molecule has 0 fully saturated rings. The zero-order valence-electron chi connectivity index (χ0n) is 19.7. The summed E-state index contributed by atoms with van der Waals surface area (Å²) in [5, 5.41) is 10.9. The zero-order valence-corrected chi connectivity index (χ0v) is 19.7. The number of nitrogens with zero attached hydrogens (tertiary/aromatic N) is 1. The highest BCUT2D eigenvalue weighted by atomic mass is 16.5. The Morgan fingerprint density at radius 2 is 1.73 bits per heavy atom. The van der Waals surface area contributed by atoms with E-state index in [0.29, 0.717) is 30.4 Å². The number of hydrogen-bond acceptors (Lipinski definition) is 5. The largest absolute Gasteiger partial charge is 0.507 e. The number of phenols is 1. The van der Waals surface area contributed by atoms with Gasteiger partial charge in [0.25, 0.3) is 0 Å². The Labute approximate surface area is 195 Å². The Hall–Kier alpha value is -3.44. The first-order valence-corrected chi connectivity index (χ1v) is 11.2. The van der Waals surface area contributed by atoms with Crippen LogP contribution < -0.4 is 14.2 Å². The minimum Gasteiger partial charge on any atom is -0.507 e. The zero-order chi connectivity index (χ0) is 23.4. The fourth-order valence-electron chi connectivity index (χ4n) is 4.25. The molecule has 0 radical (unpaired) electrons. The van der Waals surface area contributed by atoms with E-state index < -0.39 is 0 Å². The van der Waals surface area contributed by atoms with Crippen LogP contribution in [0.3, 0.4) is 0 Å². The number of fused-ring (bicyclic) bond motifs is 1. The molecule has 5 nitrogen and oxygen atoms in total. The molecule has 0 saturated heterocycles. The van der Waals surface area contributed by atoms with Crippen molar-refractivity contribution in [2.45, 2.75) is 26.9 Å². The van der Waals surface area contributed by atoms with Crippen molar-refractivity contribution in [1.82, 2.24) is 4.90 Å². The van der Waals surface area contributed by atoms with Crippen molar-refractivity contribution in [3.63, 3.8) is 0 Å². The lowest BCUT2D eigenvalue weighted by atomic mass is 9.96. The molecule has 0 spiro atoms. The number of methoxy groups -OCH3 is 2. The topological polar surface area (TPSA) is 51.2 Å². The predicted molar refractivity (Wildman–Crippen MR) is 132 cm³/mol. The highest BCUT2D eigenvalue weighted by molar-refractivity contribution is 5.87. The van der Waals surface area contributed by atoms with Gasteiger partial charge >= 0.3 is 0 Å². The fraction of sp³-hybridized carbons (Fsp3) is 0.286. The van der Waals surface area contributed by atoms with Crippen LogP contribution >= 0.6 is 0 Å². The van der Waals surface area contributed by atoms with E-state index in [1.165, 1.54) is 5.56 Å². The monoisotopic (exact) mass is 445 g/mol. The van der Waals surface area contributed by atoms with Gasteiger partial charge in [0.2, 0.25) is 0 Å². The summed E-state index contributed by atoms with van der Waals surface area (Å²) < 4.78 is 16.9. The molecule has 3 aromatic carbocycles. The van der Waals surface area contributed by atoms with Gasteiger partial charge in [-0.1, -0.05) is 43.3 Å². The number of benzene rings is 3. The van der Waals surface area contributed by atoms with Crippen LogP contribution in [-0.2, 0) is 13.1 Å². The summed E-state index contributed by atoms with van der Waals surface area (Å²) in [6.07, 6.45) is 2.14. The fourth-order valence-corrected chi connectivity index (χ4v) is 4.25. The normalized spacial score (nSPS) is 12.7. The van der Waals surface area contributed by atoms with Gasteiger partial charge in [-0.3, -0.25) is 4.90 Å². The standard InChI is InChI=1S/C28H31NO4/c1-5-29(16-20-9-7-6-8-10-20)17-23-13-22-14-24(18-33-28(22)19(2)27(23)30)21-11-12-25(31-3)26(15-21)32-4/h6-15,30H,5,16-18H2,1-4H3. The summed E-state index contributed by atoms with van der Waals surface area (Å²) in [4.78, 5) is 2.32. The number of aromatic hydroxyl groups is 1. The van der Waals surface area contributed by atoms with Crippen LogP contribution in [0.2, 0.25) is 0 Å². The molecule has 4 rings (SSSR count). The minimum atomic E-state index is 0.309. The number of ether oxygens (including phenoxy) is 3. The van der Waals surface area contributed by atoms with E-state index in [-0.39, 0.29) is 0 Å². The first-order chi connectivity index (χ1) is 16.0. The Morgan fingerprint density at radius 1 is 0.970 bits per heavy atom. The second-order valence-electron chi connectivity index (χ2n) is 8.24. The molecule has 0 bridgehead atoms. The second-order valence-corrected chi connectivity index (χ2v) is 8.24. The maximum absolute atomic E-state index is 10.9. The van der Waals surface area contributed by atoms with Crippen molar-refractivity contribution in [2.24, 2.45) is 0 Å². The van der Waals surface area contributed by atoms with Crippen molar-refractivity contribution in [2.75, 3.05) is 27.4 Å². The third-order valence-corrected chi connectivity index (χ3v) is 6.14. The first kappa shape index (κ1) is 22.7. The lowest BCUT2D eigenvalue weighted by molar-refractivity contribution is 0.266. The summed E-state index contributed by atoms with van der Waals surface area (Å²) in [5.41, 5.74) is 5.99. The lowest BCUT2D eigenvalue weighted by Gasteiger charge is -2.25. The van der Waals surface area contributed by atoms with Crippen LogP contribution in [0.25, 0.3) is 11.6 Å². The van der Waals surface area contributed by atoms with Crippen LogP contribution in [0.4, 0.5) is 0 Å². The lowest BCUT2D eigenvalue weighted by Crippen LogP contribution is -2.22. The second kappa shape index (κ2) is 10.0. The van der Waals surface area contributed by atoms with Crippen molar-refractivity contribution in [3.05, 3.63) is 82.4 Å². The molecular formula is C28H31NO4. The van der Waals surface area contributed by atoms with Crippen LogP contribution in [0, 0.1) is 6.92 Å². The quantitative estimate of drug-likeness (QED) is 0.484. The van der Waals surface area contributed by atoms with E-state index in [2.05, 4.69) is 42.2 Å². The van der Waals surface area contributed by atoms with Gasteiger partial charge in [0.05, 0.1) is 14.2 Å². The van der Waals surface area contributed by atoms with E-state index in [9.17, 15) is 5.11 Å². The van der Waals surface area contributed by atoms with Crippen molar-refractivity contribution in [1.29, 1.82) is 0 Å². The molecule has 1 heterocycles. The summed E-state index contributed by atoms with van der Waals surface area (Å²) in [6, 6.07) is 18.3. The summed E-state index contributed by atoms with van der Waals surface area (Å²) in [5.74, 6) is 2.43. The van der Waals surface area contributed by atoms with Gasteiger partial charge < -0.3 is 19.3 Å². The molecule has 5 heteroatoms.